The fourth-order valence-electron chi connectivity index (χ4n) is 1.17. The summed E-state index contributed by atoms with van der Waals surface area (Å²) in [4.78, 5) is 22.1. The molecule has 0 bridgehead atoms. The molecule has 0 unspecified atom stereocenters. The number of furan rings is 1. The van der Waals surface area contributed by atoms with Crippen molar-refractivity contribution in [3.63, 3.8) is 0 Å². The lowest BCUT2D eigenvalue weighted by atomic mass is 10.4. The van der Waals surface area contributed by atoms with Crippen molar-refractivity contribution >= 4 is 45.3 Å². The van der Waals surface area contributed by atoms with Crippen molar-refractivity contribution in [2.45, 2.75) is 0 Å². The molecule has 0 atom stereocenters. The largest absolute Gasteiger partial charge is 0.462 e. The molecule has 9 heteroatoms. The summed E-state index contributed by atoms with van der Waals surface area (Å²) in [5.41, 5.74) is 5.78. The number of hydrogen-bond donors (Lipinski definition) is 3. The van der Waals surface area contributed by atoms with Gasteiger partial charge in [0.2, 0.25) is 0 Å². The maximum absolute atomic E-state index is 11.2. The SMILES string of the molecule is Nc1nc(-c2occc2P(=O)(O)O)c(Br)s1. The summed E-state index contributed by atoms with van der Waals surface area (Å²) in [6.45, 7) is 0. The smallest absolute Gasteiger partial charge is 0.360 e. The van der Waals surface area contributed by atoms with E-state index in [1.54, 1.807) is 0 Å². The summed E-state index contributed by atoms with van der Waals surface area (Å²) in [5, 5.41) is 0.0911. The third-order valence-corrected chi connectivity index (χ3v) is 4.29. The van der Waals surface area contributed by atoms with Gasteiger partial charge in [-0.05, 0) is 22.0 Å². The maximum Gasteiger partial charge on any atom is 0.360 e. The van der Waals surface area contributed by atoms with Gasteiger partial charge in [0.1, 0.15) is 14.8 Å². The molecule has 16 heavy (non-hydrogen) atoms. The molecule has 0 saturated carbocycles. The summed E-state index contributed by atoms with van der Waals surface area (Å²) < 4.78 is 16.8. The molecule has 0 aliphatic rings. The van der Waals surface area contributed by atoms with Crippen LogP contribution in [0.25, 0.3) is 11.5 Å². The summed E-state index contributed by atoms with van der Waals surface area (Å²) in [6.07, 6.45) is 1.20. The van der Waals surface area contributed by atoms with Crippen LogP contribution in [0, 0.1) is 0 Å². The lowest BCUT2D eigenvalue weighted by molar-refractivity contribution is 0.387. The molecule has 0 aliphatic carbocycles. The highest BCUT2D eigenvalue weighted by Gasteiger charge is 2.27. The Kier molecular flexibility index (Phi) is 2.93. The molecule has 0 fully saturated rings. The van der Waals surface area contributed by atoms with Crippen LogP contribution in [0.4, 0.5) is 5.13 Å². The van der Waals surface area contributed by atoms with E-state index in [9.17, 15) is 4.57 Å². The average Bonchev–Trinajstić information content (AvgIpc) is 2.69. The Labute approximate surface area is 102 Å². The Morgan fingerprint density at radius 3 is 2.75 bits per heavy atom. The van der Waals surface area contributed by atoms with E-state index in [1.165, 1.54) is 12.3 Å². The molecule has 0 aromatic carbocycles. The zero-order chi connectivity index (χ0) is 11.9. The van der Waals surface area contributed by atoms with Gasteiger partial charge in [-0.2, -0.15) is 0 Å². The predicted molar refractivity (Wildman–Crippen MR) is 63.6 cm³/mol. The number of rotatable bonds is 2. The first-order valence-electron chi connectivity index (χ1n) is 3.95. The fourth-order valence-corrected chi connectivity index (χ4v) is 3.17. The third-order valence-electron chi connectivity index (χ3n) is 1.78. The molecule has 2 aromatic heterocycles. The highest BCUT2D eigenvalue weighted by molar-refractivity contribution is 9.11. The van der Waals surface area contributed by atoms with Gasteiger partial charge in [-0.25, -0.2) is 4.98 Å². The summed E-state index contributed by atoms with van der Waals surface area (Å²) in [6, 6.07) is 1.22. The molecule has 0 radical (unpaired) electrons. The van der Waals surface area contributed by atoms with Gasteiger partial charge >= 0.3 is 7.60 Å². The van der Waals surface area contributed by atoms with Gasteiger partial charge in [0.15, 0.2) is 10.9 Å². The number of halogens is 1. The van der Waals surface area contributed by atoms with Crippen LogP contribution in [-0.4, -0.2) is 14.8 Å². The lowest BCUT2D eigenvalue weighted by Gasteiger charge is -2.02. The summed E-state index contributed by atoms with van der Waals surface area (Å²) in [7, 11) is -4.37. The van der Waals surface area contributed by atoms with Crippen molar-refractivity contribution in [1.29, 1.82) is 0 Å². The van der Waals surface area contributed by atoms with E-state index in [-0.39, 0.29) is 16.2 Å². The van der Waals surface area contributed by atoms with E-state index in [1.807, 2.05) is 0 Å². The van der Waals surface area contributed by atoms with Gasteiger partial charge in [0, 0.05) is 0 Å². The molecule has 2 aromatic rings. The monoisotopic (exact) mass is 324 g/mol. The second-order valence-electron chi connectivity index (χ2n) is 2.85. The molecule has 2 rings (SSSR count). The Morgan fingerprint density at radius 1 is 1.56 bits per heavy atom. The van der Waals surface area contributed by atoms with Crippen molar-refractivity contribution in [3.05, 3.63) is 16.1 Å². The van der Waals surface area contributed by atoms with E-state index in [2.05, 4.69) is 20.9 Å². The van der Waals surface area contributed by atoms with Crippen molar-refractivity contribution in [2.24, 2.45) is 0 Å². The van der Waals surface area contributed by atoms with E-state index >= 15 is 0 Å². The van der Waals surface area contributed by atoms with Crippen molar-refractivity contribution in [3.8, 4) is 11.5 Å². The number of nitrogens with two attached hydrogens (primary N) is 1. The van der Waals surface area contributed by atoms with Crippen LogP contribution < -0.4 is 11.0 Å². The van der Waals surface area contributed by atoms with Crippen LogP contribution in [0.3, 0.4) is 0 Å². The zero-order valence-corrected chi connectivity index (χ0v) is 10.9. The highest BCUT2D eigenvalue weighted by atomic mass is 79.9. The molecular formula is C7H6BrN2O4PS. The van der Waals surface area contributed by atoms with Crippen LogP contribution in [0.1, 0.15) is 0 Å². The molecule has 0 spiro atoms. The Morgan fingerprint density at radius 2 is 2.25 bits per heavy atom. The molecule has 0 saturated heterocycles. The predicted octanol–water partition coefficient (Wildman–Crippen LogP) is 1.55. The van der Waals surface area contributed by atoms with Gasteiger partial charge in [-0.15, -0.1) is 0 Å². The molecule has 4 N–H and O–H groups in total. The summed E-state index contributed by atoms with van der Waals surface area (Å²) in [5.74, 6) is 0.0353. The molecule has 6 nitrogen and oxygen atoms in total. The molecule has 0 amide bonds. The van der Waals surface area contributed by atoms with E-state index in [4.69, 9.17) is 19.9 Å². The van der Waals surface area contributed by atoms with Crippen LogP contribution in [0.15, 0.2) is 20.5 Å². The van der Waals surface area contributed by atoms with Gasteiger partial charge < -0.3 is 19.9 Å². The fraction of sp³-hybridized carbons (Fsp3) is 0. The Hall–Kier alpha value is -0.660. The van der Waals surface area contributed by atoms with E-state index in [0.717, 1.165) is 11.3 Å². The summed E-state index contributed by atoms with van der Waals surface area (Å²) >= 11 is 4.36. The first-order valence-corrected chi connectivity index (χ1v) is 7.17. The number of anilines is 1. The van der Waals surface area contributed by atoms with Gasteiger partial charge in [-0.3, -0.25) is 4.57 Å². The minimum atomic E-state index is -4.37. The number of nitrogen functional groups attached to an aromatic ring is 1. The number of hydrogen-bond acceptors (Lipinski definition) is 5. The zero-order valence-electron chi connectivity index (χ0n) is 7.62. The number of thiazole rings is 1. The standard InChI is InChI=1S/C7H6BrN2O4PS/c8-6-4(10-7(9)16-6)5-3(1-2-14-5)15(11,12)13/h1-2H,(H2,9,10)(H2,11,12,13). The van der Waals surface area contributed by atoms with E-state index in [0.29, 0.717) is 9.48 Å². The molecular weight excluding hydrogens is 319 g/mol. The third kappa shape index (κ3) is 2.07. The van der Waals surface area contributed by atoms with Crippen LogP contribution in [0.5, 0.6) is 0 Å². The first-order chi connectivity index (χ1) is 7.39. The normalized spacial score (nSPS) is 11.9. The lowest BCUT2D eigenvalue weighted by Crippen LogP contribution is -2.04. The molecule has 86 valence electrons. The maximum atomic E-state index is 11.2. The minimum absolute atomic E-state index is 0.0353. The first kappa shape index (κ1) is 11.8. The Bertz CT molecular complexity index is 575. The van der Waals surface area contributed by atoms with Crippen molar-refractivity contribution in [2.75, 3.05) is 5.73 Å². The van der Waals surface area contributed by atoms with Crippen molar-refractivity contribution < 1.29 is 18.8 Å². The quantitative estimate of drug-likeness (QED) is 0.723. The number of nitrogens with zero attached hydrogens (tertiary/aromatic N) is 1. The Balaban J connectivity index is 2.62. The van der Waals surface area contributed by atoms with Crippen LogP contribution in [0.2, 0.25) is 0 Å². The molecule has 2 heterocycles. The van der Waals surface area contributed by atoms with Gasteiger partial charge in [-0.1, -0.05) is 11.3 Å². The average molecular weight is 325 g/mol. The number of aromatic nitrogens is 1. The van der Waals surface area contributed by atoms with Gasteiger partial charge in [0.05, 0.1) is 6.26 Å². The highest BCUT2D eigenvalue weighted by Crippen LogP contribution is 2.41. The van der Waals surface area contributed by atoms with Gasteiger partial charge in [0.25, 0.3) is 0 Å². The van der Waals surface area contributed by atoms with Crippen LogP contribution in [-0.2, 0) is 4.57 Å². The second kappa shape index (κ2) is 3.97. The van der Waals surface area contributed by atoms with Crippen molar-refractivity contribution in [1.82, 2.24) is 4.98 Å². The van der Waals surface area contributed by atoms with E-state index < -0.39 is 7.60 Å². The topological polar surface area (TPSA) is 110 Å². The molecule has 0 aliphatic heterocycles. The second-order valence-corrected chi connectivity index (χ2v) is 6.77. The van der Waals surface area contributed by atoms with Crippen LogP contribution >= 0.6 is 34.9 Å². The minimum Gasteiger partial charge on any atom is -0.462 e.